The van der Waals surface area contributed by atoms with E-state index in [-0.39, 0.29) is 16.4 Å². The van der Waals surface area contributed by atoms with E-state index in [2.05, 4.69) is 0 Å². The molecule has 0 aromatic heterocycles. The minimum absolute atomic E-state index is 0.0247. The summed E-state index contributed by atoms with van der Waals surface area (Å²) in [4.78, 5) is 11.4. The summed E-state index contributed by atoms with van der Waals surface area (Å²) < 4.78 is 26.7. The summed E-state index contributed by atoms with van der Waals surface area (Å²) in [6, 6.07) is 1.98. The fourth-order valence-electron chi connectivity index (χ4n) is 1.87. The van der Waals surface area contributed by atoms with Gasteiger partial charge in [0.05, 0.1) is 10.4 Å². The van der Waals surface area contributed by atoms with Gasteiger partial charge in [-0.2, -0.15) is 0 Å². The van der Waals surface area contributed by atoms with Crippen LogP contribution in [-0.4, -0.2) is 5.78 Å². The minimum atomic E-state index is -0.872. The van der Waals surface area contributed by atoms with Crippen LogP contribution in [0.1, 0.15) is 25.3 Å². The zero-order valence-electron chi connectivity index (χ0n) is 8.11. The summed E-state index contributed by atoms with van der Waals surface area (Å²) in [5.74, 6) is -1.44. The number of benzene rings is 1. The van der Waals surface area contributed by atoms with Gasteiger partial charge in [0.2, 0.25) is 0 Å². The summed E-state index contributed by atoms with van der Waals surface area (Å²) >= 11 is 5.70. The molecule has 1 nitrogen and oxygen atoms in total. The van der Waals surface area contributed by atoms with Crippen molar-refractivity contribution in [1.29, 1.82) is 0 Å². The molecule has 0 atom stereocenters. The predicted octanol–water partition coefficient (Wildman–Crippen LogP) is 3.24. The number of carbonyl (C=O) groups excluding carboxylic acids is 1. The molecule has 0 unspecified atom stereocenters. The van der Waals surface area contributed by atoms with Crippen LogP contribution in [0.15, 0.2) is 12.1 Å². The van der Waals surface area contributed by atoms with Crippen LogP contribution >= 0.6 is 11.6 Å². The van der Waals surface area contributed by atoms with Crippen molar-refractivity contribution >= 4 is 17.4 Å². The SMILES string of the molecule is CC(=O)C1(c2c(F)ccc(F)c2Cl)CC1. The molecule has 0 N–H and O–H groups in total. The quantitative estimate of drug-likeness (QED) is 0.713. The monoisotopic (exact) mass is 230 g/mol. The van der Waals surface area contributed by atoms with E-state index < -0.39 is 17.0 Å². The molecule has 1 aliphatic rings. The highest BCUT2D eigenvalue weighted by Crippen LogP contribution is 2.52. The molecule has 1 aromatic carbocycles. The van der Waals surface area contributed by atoms with E-state index in [0.29, 0.717) is 12.8 Å². The molecule has 4 heteroatoms. The number of halogens is 3. The lowest BCUT2D eigenvalue weighted by molar-refractivity contribution is -0.119. The second-order valence-electron chi connectivity index (χ2n) is 3.86. The normalized spacial score (nSPS) is 17.6. The van der Waals surface area contributed by atoms with E-state index in [1.54, 1.807) is 0 Å². The third-order valence-corrected chi connectivity index (χ3v) is 3.32. The Hall–Kier alpha value is -0.960. The molecule has 80 valence electrons. The van der Waals surface area contributed by atoms with Gasteiger partial charge >= 0.3 is 0 Å². The first-order chi connectivity index (χ1) is 6.99. The van der Waals surface area contributed by atoms with Gasteiger partial charge in [-0.25, -0.2) is 8.78 Å². The molecule has 0 spiro atoms. The Bertz CT molecular complexity index is 438. The highest BCUT2D eigenvalue weighted by atomic mass is 35.5. The Kier molecular flexibility index (Phi) is 2.30. The van der Waals surface area contributed by atoms with Crippen LogP contribution in [-0.2, 0) is 10.2 Å². The van der Waals surface area contributed by atoms with Crippen molar-refractivity contribution in [2.75, 3.05) is 0 Å². The fourth-order valence-corrected chi connectivity index (χ4v) is 2.20. The van der Waals surface area contributed by atoms with Gasteiger partial charge in [0.25, 0.3) is 0 Å². The minimum Gasteiger partial charge on any atom is -0.299 e. The second-order valence-corrected chi connectivity index (χ2v) is 4.23. The smallest absolute Gasteiger partial charge is 0.142 e. The van der Waals surface area contributed by atoms with Crippen molar-refractivity contribution in [2.24, 2.45) is 0 Å². The summed E-state index contributed by atoms with van der Waals surface area (Å²) in [6.45, 7) is 1.38. The molecule has 0 heterocycles. The molecule has 2 rings (SSSR count). The Labute approximate surface area is 91.0 Å². The van der Waals surface area contributed by atoms with Crippen molar-refractivity contribution in [1.82, 2.24) is 0 Å². The van der Waals surface area contributed by atoms with Gasteiger partial charge in [0, 0.05) is 5.56 Å². The van der Waals surface area contributed by atoms with E-state index in [1.807, 2.05) is 0 Å². The maximum absolute atomic E-state index is 13.5. The standard InChI is InChI=1S/C11H9ClF2O/c1-6(15)11(4-5-11)9-7(13)2-3-8(14)10(9)12/h2-3H,4-5H2,1H3. The van der Waals surface area contributed by atoms with E-state index in [4.69, 9.17) is 11.6 Å². The van der Waals surface area contributed by atoms with Gasteiger partial charge in [-0.15, -0.1) is 0 Å². The fraction of sp³-hybridized carbons (Fsp3) is 0.364. The molecule has 0 aliphatic heterocycles. The first-order valence-electron chi connectivity index (χ1n) is 4.64. The molecule has 0 saturated heterocycles. The van der Waals surface area contributed by atoms with Crippen molar-refractivity contribution in [3.05, 3.63) is 34.4 Å². The lowest BCUT2D eigenvalue weighted by Crippen LogP contribution is -2.19. The Morgan fingerprint density at radius 1 is 1.33 bits per heavy atom. The topological polar surface area (TPSA) is 17.1 Å². The van der Waals surface area contributed by atoms with Crippen LogP contribution < -0.4 is 0 Å². The third-order valence-electron chi connectivity index (χ3n) is 2.95. The maximum Gasteiger partial charge on any atom is 0.142 e. The Morgan fingerprint density at radius 3 is 2.33 bits per heavy atom. The number of carbonyl (C=O) groups is 1. The van der Waals surface area contributed by atoms with Gasteiger partial charge in [0.1, 0.15) is 17.4 Å². The van der Waals surface area contributed by atoms with Crippen LogP contribution in [0, 0.1) is 11.6 Å². The van der Waals surface area contributed by atoms with E-state index >= 15 is 0 Å². The van der Waals surface area contributed by atoms with Crippen molar-refractivity contribution in [2.45, 2.75) is 25.2 Å². The zero-order chi connectivity index (χ0) is 11.2. The van der Waals surface area contributed by atoms with Crippen molar-refractivity contribution in [3.63, 3.8) is 0 Å². The Balaban J connectivity index is 2.62. The van der Waals surface area contributed by atoms with Gasteiger partial charge in [-0.3, -0.25) is 4.79 Å². The molecule has 0 radical (unpaired) electrons. The largest absolute Gasteiger partial charge is 0.299 e. The number of rotatable bonds is 2. The van der Waals surface area contributed by atoms with E-state index in [9.17, 15) is 13.6 Å². The van der Waals surface area contributed by atoms with Gasteiger partial charge in [-0.1, -0.05) is 11.6 Å². The lowest BCUT2D eigenvalue weighted by atomic mass is 9.91. The number of hydrogen-bond donors (Lipinski definition) is 0. The van der Waals surface area contributed by atoms with Crippen LogP contribution in [0.3, 0.4) is 0 Å². The molecule has 15 heavy (non-hydrogen) atoms. The van der Waals surface area contributed by atoms with Gasteiger partial charge in [-0.05, 0) is 31.9 Å². The summed E-state index contributed by atoms with van der Waals surface area (Å²) in [5, 5.41) is -0.261. The lowest BCUT2D eigenvalue weighted by Gasteiger charge is -2.14. The molecular formula is C11H9ClF2O. The van der Waals surface area contributed by atoms with Crippen molar-refractivity contribution in [3.8, 4) is 0 Å². The van der Waals surface area contributed by atoms with E-state index in [1.165, 1.54) is 6.92 Å². The van der Waals surface area contributed by atoms with Crippen LogP contribution in [0.4, 0.5) is 8.78 Å². The molecular weight excluding hydrogens is 222 g/mol. The average Bonchev–Trinajstić information content (AvgIpc) is 2.93. The third kappa shape index (κ3) is 1.46. The summed E-state index contributed by atoms with van der Waals surface area (Å²) in [6.07, 6.45) is 1.09. The average molecular weight is 231 g/mol. The molecule has 1 aromatic rings. The summed E-state index contributed by atoms with van der Waals surface area (Å²) in [5.41, 5.74) is -0.847. The van der Waals surface area contributed by atoms with Crippen LogP contribution in [0.2, 0.25) is 5.02 Å². The van der Waals surface area contributed by atoms with Crippen molar-refractivity contribution < 1.29 is 13.6 Å². The molecule has 1 aliphatic carbocycles. The zero-order valence-corrected chi connectivity index (χ0v) is 8.87. The first-order valence-corrected chi connectivity index (χ1v) is 5.02. The van der Waals surface area contributed by atoms with Crippen LogP contribution in [0.5, 0.6) is 0 Å². The number of hydrogen-bond acceptors (Lipinski definition) is 1. The molecule has 0 bridgehead atoms. The molecule has 1 saturated carbocycles. The number of ketones is 1. The highest BCUT2D eigenvalue weighted by Gasteiger charge is 2.51. The van der Waals surface area contributed by atoms with Crippen LogP contribution in [0.25, 0.3) is 0 Å². The summed E-state index contributed by atoms with van der Waals surface area (Å²) in [7, 11) is 0. The molecule has 1 fully saturated rings. The predicted molar refractivity (Wildman–Crippen MR) is 53.0 cm³/mol. The highest BCUT2D eigenvalue weighted by molar-refractivity contribution is 6.32. The first kappa shape index (κ1) is 10.6. The van der Waals surface area contributed by atoms with Gasteiger partial charge in [0.15, 0.2) is 0 Å². The number of Topliss-reactive ketones (excluding diaryl/α,β-unsaturated/α-hetero) is 1. The molecule has 0 amide bonds. The second kappa shape index (κ2) is 3.27. The van der Waals surface area contributed by atoms with Gasteiger partial charge < -0.3 is 0 Å². The maximum atomic E-state index is 13.5. The van der Waals surface area contributed by atoms with E-state index in [0.717, 1.165) is 12.1 Å². The Morgan fingerprint density at radius 2 is 1.87 bits per heavy atom.